The Morgan fingerprint density at radius 2 is 1.87 bits per heavy atom. The molecule has 0 saturated carbocycles. The minimum absolute atomic E-state index is 0.552. The van der Waals surface area contributed by atoms with Gasteiger partial charge in [0.05, 0.1) is 20.1 Å². The Labute approximate surface area is 132 Å². The summed E-state index contributed by atoms with van der Waals surface area (Å²) < 4.78 is 9.85. The number of ether oxygens (including phenoxy) is 2. The molecule has 0 aromatic carbocycles. The minimum Gasteiger partial charge on any atom is -0.658 e. The van der Waals surface area contributed by atoms with Gasteiger partial charge in [0.25, 0.3) is 0 Å². The SMILES string of the molecule is CC(=O)N[C@@H]([C@H]1O[C@@H](OC[P+]([O-])([O-])O)[C@H](O)[C@@H](O)[C@H]1O)[C@@H](C)O. The lowest BCUT2D eigenvalue weighted by Crippen LogP contribution is -2.65. The highest BCUT2D eigenvalue weighted by Crippen LogP contribution is 2.35. The van der Waals surface area contributed by atoms with Gasteiger partial charge >= 0.3 is 0 Å². The summed E-state index contributed by atoms with van der Waals surface area (Å²) in [6.07, 6.45) is -10.8. The molecule has 1 aliphatic rings. The number of hydrogen-bond donors (Lipinski definition) is 6. The van der Waals surface area contributed by atoms with Gasteiger partial charge in [-0.25, -0.2) is 0 Å². The lowest BCUT2D eigenvalue weighted by molar-refractivity contribution is -0.347. The first-order chi connectivity index (χ1) is 10.4. The van der Waals surface area contributed by atoms with E-state index in [2.05, 4.69) is 10.1 Å². The second kappa shape index (κ2) is 8.08. The molecular weight excluding hydrogens is 337 g/mol. The predicted molar refractivity (Wildman–Crippen MR) is 71.1 cm³/mol. The molecule has 0 bridgehead atoms. The summed E-state index contributed by atoms with van der Waals surface area (Å²) in [4.78, 5) is 41.3. The summed E-state index contributed by atoms with van der Waals surface area (Å²) in [6, 6.07) is -1.16. The molecule has 0 aliphatic carbocycles. The van der Waals surface area contributed by atoms with Crippen molar-refractivity contribution in [2.24, 2.45) is 0 Å². The number of hydrogen-bond acceptors (Lipinski definition) is 10. The van der Waals surface area contributed by atoms with Crippen LogP contribution >= 0.6 is 7.94 Å². The van der Waals surface area contributed by atoms with Crippen LogP contribution in [-0.2, 0) is 14.3 Å². The highest BCUT2D eigenvalue weighted by atomic mass is 31.2. The number of amides is 1. The quantitative estimate of drug-likeness (QED) is 0.251. The van der Waals surface area contributed by atoms with Crippen LogP contribution in [0, 0.1) is 0 Å². The highest BCUT2D eigenvalue weighted by molar-refractivity contribution is 7.55. The first kappa shape index (κ1) is 20.6. The fourth-order valence-electron chi connectivity index (χ4n) is 2.19. The second-order valence-electron chi connectivity index (χ2n) is 5.34. The van der Waals surface area contributed by atoms with Crippen LogP contribution in [0.3, 0.4) is 0 Å². The van der Waals surface area contributed by atoms with Crippen LogP contribution < -0.4 is 15.1 Å². The van der Waals surface area contributed by atoms with Crippen LogP contribution in [0.25, 0.3) is 0 Å². The van der Waals surface area contributed by atoms with Gasteiger partial charge in [0, 0.05) is 6.92 Å². The van der Waals surface area contributed by atoms with Crippen LogP contribution in [0.15, 0.2) is 0 Å². The van der Waals surface area contributed by atoms with E-state index in [1.807, 2.05) is 0 Å². The van der Waals surface area contributed by atoms with Crippen molar-refractivity contribution in [3.63, 3.8) is 0 Å². The van der Waals surface area contributed by atoms with E-state index in [9.17, 15) is 35.0 Å². The van der Waals surface area contributed by atoms with Crippen molar-refractivity contribution in [1.82, 2.24) is 5.32 Å². The first-order valence-corrected chi connectivity index (χ1v) is 8.49. The normalized spacial score (nSPS) is 34.7. The molecule has 1 rings (SSSR count). The van der Waals surface area contributed by atoms with E-state index in [1.165, 1.54) is 6.92 Å². The Morgan fingerprint density at radius 1 is 1.30 bits per heavy atom. The number of aliphatic hydroxyl groups is 4. The maximum atomic E-state index is 11.2. The van der Waals surface area contributed by atoms with Gasteiger partial charge in [0.1, 0.15) is 24.4 Å². The lowest BCUT2D eigenvalue weighted by atomic mass is 9.91. The van der Waals surface area contributed by atoms with E-state index >= 15 is 0 Å². The number of nitrogens with one attached hydrogen (secondary N) is 1. The van der Waals surface area contributed by atoms with Crippen molar-refractivity contribution in [1.29, 1.82) is 0 Å². The van der Waals surface area contributed by atoms with Crippen LogP contribution in [0.1, 0.15) is 13.8 Å². The Morgan fingerprint density at radius 3 is 2.30 bits per heavy atom. The summed E-state index contributed by atoms with van der Waals surface area (Å²) in [6.45, 7) is 2.45. The van der Waals surface area contributed by atoms with E-state index in [0.29, 0.717) is 0 Å². The van der Waals surface area contributed by atoms with E-state index in [4.69, 9.17) is 9.63 Å². The Kier molecular flexibility index (Phi) is 7.23. The van der Waals surface area contributed by atoms with Crippen molar-refractivity contribution in [3.05, 3.63) is 0 Å². The van der Waals surface area contributed by atoms with Gasteiger partial charge < -0.3 is 45.0 Å². The average Bonchev–Trinajstić information content (AvgIpc) is 2.40. The first-order valence-electron chi connectivity index (χ1n) is 6.73. The van der Waals surface area contributed by atoms with Crippen LogP contribution in [0.5, 0.6) is 0 Å². The van der Waals surface area contributed by atoms with Crippen molar-refractivity contribution in [3.8, 4) is 0 Å². The molecule has 1 fully saturated rings. The molecule has 12 heteroatoms. The Balaban J connectivity index is 2.91. The molecule has 7 atom stereocenters. The van der Waals surface area contributed by atoms with Gasteiger partial charge in [-0.15, -0.1) is 0 Å². The molecule has 23 heavy (non-hydrogen) atoms. The van der Waals surface area contributed by atoms with Crippen LogP contribution in [-0.4, -0.2) is 80.4 Å². The average molecular weight is 358 g/mol. The Bertz CT molecular complexity index is 403. The molecule has 0 spiro atoms. The monoisotopic (exact) mass is 358 g/mol. The fourth-order valence-corrected chi connectivity index (χ4v) is 2.52. The molecular formula is C11H21NO10P-. The van der Waals surface area contributed by atoms with Crippen molar-refractivity contribution in [2.45, 2.75) is 56.7 Å². The molecule has 0 radical (unpaired) electrons. The molecule has 0 aromatic rings. The van der Waals surface area contributed by atoms with Gasteiger partial charge in [-0.05, 0) is 6.92 Å². The predicted octanol–water partition coefficient (Wildman–Crippen LogP) is -4.87. The summed E-state index contributed by atoms with van der Waals surface area (Å²) in [5.41, 5.74) is 0. The maximum Gasteiger partial charge on any atom is 0.217 e. The summed E-state index contributed by atoms with van der Waals surface area (Å²) in [7, 11) is -4.81. The zero-order valence-corrected chi connectivity index (χ0v) is 13.4. The van der Waals surface area contributed by atoms with Gasteiger partial charge in [0.15, 0.2) is 12.6 Å². The second-order valence-corrected chi connectivity index (χ2v) is 6.87. The summed E-state index contributed by atoms with van der Waals surface area (Å²) in [5.74, 6) is -0.552. The van der Waals surface area contributed by atoms with E-state index in [1.54, 1.807) is 0 Å². The van der Waals surface area contributed by atoms with Crippen molar-refractivity contribution >= 4 is 13.9 Å². The van der Waals surface area contributed by atoms with E-state index < -0.39 is 63.1 Å². The van der Waals surface area contributed by atoms with Crippen LogP contribution in [0.4, 0.5) is 0 Å². The molecule has 11 nitrogen and oxygen atoms in total. The molecule has 136 valence electrons. The standard InChI is InChI=1S/C11H22NO10P/c1-4(13)6(12-5(2)14)10-8(16)7(15)9(17)11(22-10)21-3-23(18,19)20/h4,6-11,13,15-17H,3H2,1-2H3,(H,12,14)(H2,18,19,20)/p-1/t4-,6-,7+,8-,9-,10-,11-/m1/s1. The number of carbonyl (C=O) groups excluding carboxylic acids is 1. The molecule has 1 aliphatic heterocycles. The molecule has 6 N–H and O–H groups in total. The molecule has 1 saturated heterocycles. The summed E-state index contributed by atoms with van der Waals surface area (Å²) >= 11 is 0. The smallest absolute Gasteiger partial charge is 0.217 e. The zero-order chi connectivity index (χ0) is 17.9. The topological polar surface area (TPSA) is 195 Å². The van der Waals surface area contributed by atoms with Gasteiger partial charge in [-0.1, -0.05) is 0 Å². The highest BCUT2D eigenvalue weighted by Gasteiger charge is 2.48. The van der Waals surface area contributed by atoms with Gasteiger partial charge in [-0.3, -0.25) is 9.69 Å². The van der Waals surface area contributed by atoms with Gasteiger partial charge in [-0.2, -0.15) is 0 Å². The third-order valence-electron chi connectivity index (χ3n) is 3.25. The van der Waals surface area contributed by atoms with Crippen molar-refractivity contribution in [2.75, 3.05) is 6.35 Å². The van der Waals surface area contributed by atoms with E-state index in [0.717, 1.165) is 6.92 Å². The third kappa shape index (κ3) is 5.84. The molecule has 0 aromatic heterocycles. The lowest BCUT2D eigenvalue weighted by Gasteiger charge is -2.44. The Hall–Kier alpha value is -0.460. The minimum atomic E-state index is -4.81. The number of rotatable bonds is 6. The van der Waals surface area contributed by atoms with Gasteiger partial charge in [0.2, 0.25) is 5.91 Å². The number of carbonyl (C=O) groups is 1. The molecule has 1 amide bonds. The zero-order valence-electron chi connectivity index (χ0n) is 12.5. The molecule has 1 heterocycles. The summed E-state index contributed by atoms with van der Waals surface area (Å²) in [5, 5.41) is 41.5. The van der Waals surface area contributed by atoms with Crippen LogP contribution in [0.2, 0.25) is 0 Å². The fraction of sp³-hybridized carbons (Fsp3) is 0.909. The third-order valence-corrected chi connectivity index (χ3v) is 3.73. The molecule has 0 unspecified atom stereocenters. The number of aliphatic hydroxyl groups excluding tert-OH is 4. The maximum absolute atomic E-state index is 11.2. The largest absolute Gasteiger partial charge is 0.658 e. The van der Waals surface area contributed by atoms with E-state index in [-0.39, 0.29) is 0 Å². The van der Waals surface area contributed by atoms with Crippen molar-refractivity contribution < 1.29 is 49.4 Å².